The Labute approximate surface area is 181 Å². The largest absolute Gasteiger partial charge is 0.455 e. The van der Waals surface area contributed by atoms with Gasteiger partial charge in [0.25, 0.3) is 0 Å². The van der Waals surface area contributed by atoms with Crippen molar-refractivity contribution in [3.63, 3.8) is 0 Å². The number of anilines is 1. The van der Waals surface area contributed by atoms with Crippen LogP contribution in [0.25, 0.3) is 0 Å². The Bertz CT molecular complexity index is 1060. The summed E-state index contributed by atoms with van der Waals surface area (Å²) in [4.78, 5) is 23.6. The van der Waals surface area contributed by atoms with Crippen molar-refractivity contribution in [2.45, 2.75) is 13.1 Å². The van der Waals surface area contributed by atoms with Crippen LogP contribution in [-0.2, 0) is 13.1 Å². The molecule has 2 heterocycles. The van der Waals surface area contributed by atoms with Crippen LogP contribution in [-0.4, -0.2) is 20.9 Å². The Morgan fingerprint density at radius 3 is 1.94 bits per heavy atom. The monoisotopic (exact) mass is 410 g/mol. The molecule has 1 N–H and O–H groups in total. The molecule has 6 heteroatoms. The average Bonchev–Trinajstić information content (AvgIpc) is 2.82. The first-order valence-corrected chi connectivity index (χ1v) is 9.95. The summed E-state index contributed by atoms with van der Waals surface area (Å²) in [6, 6.07) is 27.9. The number of pyridine rings is 2. The standard InChI is InChI=1S/C25H22N4O2/c30-25(28-23-14-4-5-15-24(23)31-22-12-2-1-3-13-22)29(18-20-10-6-8-16-26-20)19-21-11-7-9-17-27-21/h1-17H,18-19H2,(H,28,30). The van der Waals surface area contributed by atoms with Gasteiger partial charge in [-0.2, -0.15) is 0 Å². The van der Waals surface area contributed by atoms with Crippen molar-refractivity contribution in [2.24, 2.45) is 0 Å². The minimum atomic E-state index is -0.264. The van der Waals surface area contributed by atoms with Crippen molar-refractivity contribution in [3.05, 3.63) is 115 Å². The van der Waals surface area contributed by atoms with E-state index in [1.54, 1.807) is 17.3 Å². The number of amides is 2. The molecule has 6 nitrogen and oxygen atoms in total. The van der Waals surface area contributed by atoms with Crippen LogP contribution in [0.15, 0.2) is 103 Å². The lowest BCUT2D eigenvalue weighted by Gasteiger charge is -2.23. The molecule has 2 aromatic carbocycles. The van der Waals surface area contributed by atoms with Gasteiger partial charge in [-0.05, 0) is 48.5 Å². The topological polar surface area (TPSA) is 67.3 Å². The van der Waals surface area contributed by atoms with Crippen molar-refractivity contribution < 1.29 is 9.53 Å². The molecule has 2 amide bonds. The maximum Gasteiger partial charge on any atom is 0.322 e. The van der Waals surface area contributed by atoms with Crippen molar-refractivity contribution in [1.82, 2.24) is 14.9 Å². The molecule has 0 aliphatic rings. The van der Waals surface area contributed by atoms with E-state index in [9.17, 15) is 4.79 Å². The number of nitrogens with zero attached hydrogens (tertiary/aromatic N) is 3. The Morgan fingerprint density at radius 2 is 1.32 bits per heavy atom. The summed E-state index contributed by atoms with van der Waals surface area (Å²) in [5.74, 6) is 1.26. The lowest BCUT2D eigenvalue weighted by Crippen LogP contribution is -2.34. The normalized spacial score (nSPS) is 10.3. The summed E-state index contributed by atoms with van der Waals surface area (Å²) < 4.78 is 5.97. The number of para-hydroxylation sites is 3. The van der Waals surface area contributed by atoms with E-state index in [1.807, 2.05) is 91.0 Å². The molecule has 4 rings (SSSR count). The van der Waals surface area contributed by atoms with Gasteiger partial charge in [0.1, 0.15) is 5.75 Å². The molecule has 0 spiro atoms. The third-order valence-electron chi connectivity index (χ3n) is 4.54. The highest BCUT2D eigenvalue weighted by molar-refractivity contribution is 5.91. The van der Waals surface area contributed by atoms with Gasteiger partial charge in [-0.25, -0.2) is 4.79 Å². The summed E-state index contributed by atoms with van der Waals surface area (Å²) in [6.07, 6.45) is 3.43. The molecule has 0 saturated carbocycles. The smallest absolute Gasteiger partial charge is 0.322 e. The van der Waals surface area contributed by atoms with Crippen LogP contribution < -0.4 is 10.1 Å². The fraction of sp³-hybridized carbons (Fsp3) is 0.0800. The molecule has 0 aliphatic carbocycles. The molecule has 0 atom stereocenters. The number of rotatable bonds is 7. The van der Waals surface area contributed by atoms with Gasteiger partial charge < -0.3 is 15.0 Å². The van der Waals surface area contributed by atoms with Gasteiger partial charge in [-0.15, -0.1) is 0 Å². The zero-order valence-electron chi connectivity index (χ0n) is 16.9. The van der Waals surface area contributed by atoms with E-state index in [1.165, 1.54) is 0 Å². The number of nitrogens with one attached hydrogen (secondary N) is 1. The van der Waals surface area contributed by atoms with Crippen LogP contribution in [0.3, 0.4) is 0 Å². The Balaban J connectivity index is 1.54. The van der Waals surface area contributed by atoms with E-state index >= 15 is 0 Å². The Morgan fingerprint density at radius 1 is 0.742 bits per heavy atom. The van der Waals surface area contributed by atoms with Gasteiger partial charge in [0.05, 0.1) is 30.2 Å². The van der Waals surface area contributed by atoms with Crippen LogP contribution >= 0.6 is 0 Å². The second-order valence-electron chi connectivity index (χ2n) is 6.84. The maximum atomic E-state index is 13.2. The van der Waals surface area contributed by atoms with Gasteiger partial charge in [0.15, 0.2) is 5.75 Å². The number of carbonyl (C=O) groups excluding carboxylic acids is 1. The summed E-state index contributed by atoms with van der Waals surface area (Å²) >= 11 is 0. The zero-order chi connectivity index (χ0) is 21.3. The summed E-state index contributed by atoms with van der Waals surface area (Å²) in [6.45, 7) is 0.704. The summed E-state index contributed by atoms with van der Waals surface area (Å²) in [5.41, 5.74) is 2.17. The number of benzene rings is 2. The van der Waals surface area contributed by atoms with Crippen molar-refractivity contribution in [2.75, 3.05) is 5.32 Å². The molecule has 4 aromatic rings. The number of carbonyl (C=O) groups is 1. The summed E-state index contributed by atoms with van der Waals surface area (Å²) in [5, 5.41) is 2.98. The van der Waals surface area contributed by atoms with Gasteiger partial charge in [0.2, 0.25) is 0 Å². The molecule has 0 saturated heterocycles. The minimum absolute atomic E-state index is 0.264. The van der Waals surface area contributed by atoms with Gasteiger partial charge in [-0.3, -0.25) is 9.97 Å². The molecule has 0 unspecified atom stereocenters. The highest BCUT2D eigenvalue weighted by Gasteiger charge is 2.18. The van der Waals surface area contributed by atoms with E-state index in [0.717, 1.165) is 11.4 Å². The molecular formula is C25H22N4O2. The van der Waals surface area contributed by atoms with Gasteiger partial charge >= 0.3 is 6.03 Å². The van der Waals surface area contributed by atoms with E-state index in [-0.39, 0.29) is 6.03 Å². The first kappa shape index (κ1) is 20.1. The van der Waals surface area contributed by atoms with Crippen molar-refractivity contribution >= 4 is 11.7 Å². The molecule has 0 bridgehead atoms. The average molecular weight is 410 g/mol. The predicted octanol–water partition coefficient (Wildman–Crippen LogP) is 5.50. The van der Waals surface area contributed by atoms with Crippen LogP contribution in [0.5, 0.6) is 11.5 Å². The third kappa shape index (κ3) is 5.67. The summed E-state index contributed by atoms with van der Waals surface area (Å²) in [7, 11) is 0. The quantitative estimate of drug-likeness (QED) is 0.437. The second-order valence-corrected chi connectivity index (χ2v) is 6.84. The highest BCUT2D eigenvalue weighted by Crippen LogP contribution is 2.29. The minimum Gasteiger partial charge on any atom is -0.455 e. The zero-order valence-corrected chi connectivity index (χ0v) is 16.9. The fourth-order valence-corrected chi connectivity index (χ4v) is 3.04. The lowest BCUT2D eigenvalue weighted by molar-refractivity contribution is 0.205. The molecule has 2 aromatic heterocycles. The van der Waals surface area contributed by atoms with Crippen molar-refractivity contribution in [3.8, 4) is 11.5 Å². The van der Waals surface area contributed by atoms with Crippen LogP contribution in [0.4, 0.5) is 10.5 Å². The van der Waals surface area contributed by atoms with E-state index in [4.69, 9.17) is 4.74 Å². The number of hydrogen-bond donors (Lipinski definition) is 1. The Kier molecular flexibility index (Phi) is 6.50. The SMILES string of the molecule is O=C(Nc1ccccc1Oc1ccccc1)N(Cc1ccccn1)Cc1ccccn1. The lowest BCUT2D eigenvalue weighted by atomic mass is 10.2. The number of hydrogen-bond acceptors (Lipinski definition) is 4. The van der Waals surface area contributed by atoms with E-state index in [2.05, 4.69) is 15.3 Å². The molecule has 0 radical (unpaired) electrons. The van der Waals surface area contributed by atoms with Gasteiger partial charge in [0, 0.05) is 12.4 Å². The number of urea groups is 1. The highest BCUT2D eigenvalue weighted by atomic mass is 16.5. The van der Waals surface area contributed by atoms with Crippen LogP contribution in [0.2, 0.25) is 0 Å². The predicted molar refractivity (Wildman–Crippen MR) is 120 cm³/mol. The molecule has 154 valence electrons. The first-order valence-electron chi connectivity index (χ1n) is 9.95. The van der Waals surface area contributed by atoms with E-state index in [0.29, 0.717) is 30.3 Å². The molecule has 0 aliphatic heterocycles. The van der Waals surface area contributed by atoms with Crippen LogP contribution in [0.1, 0.15) is 11.4 Å². The second kappa shape index (κ2) is 10.0. The Hall–Kier alpha value is -4.19. The van der Waals surface area contributed by atoms with Gasteiger partial charge in [-0.1, -0.05) is 42.5 Å². The van der Waals surface area contributed by atoms with Crippen molar-refractivity contribution in [1.29, 1.82) is 0 Å². The molecule has 31 heavy (non-hydrogen) atoms. The molecule has 0 fully saturated rings. The number of ether oxygens (including phenoxy) is 1. The molecular weight excluding hydrogens is 388 g/mol. The van der Waals surface area contributed by atoms with Crippen LogP contribution in [0, 0.1) is 0 Å². The fourth-order valence-electron chi connectivity index (χ4n) is 3.04. The third-order valence-corrected chi connectivity index (χ3v) is 4.54. The van der Waals surface area contributed by atoms with E-state index < -0.39 is 0 Å². The number of aromatic nitrogens is 2. The first-order chi connectivity index (χ1) is 15.3. The maximum absolute atomic E-state index is 13.2.